The van der Waals surface area contributed by atoms with Gasteiger partial charge in [0, 0.05) is 31.9 Å². The molecular formula is C18H22N4O4. The average Bonchev–Trinajstić information content (AvgIpc) is 3.18. The van der Waals surface area contributed by atoms with Crippen LogP contribution in [0, 0.1) is 0 Å². The van der Waals surface area contributed by atoms with Gasteiger partial charge in [-0.25, -0.2) is 4.98 Å². The van der Waals surface area contributed by atoms with Crippen LogP contribution in [0.15, 0.2) is 35.2 Å². The van der Waals surface area contributed by atoms with Gasteiger partial charge < -0.3 is 19.4 Å². The molecule has 1 saturated heterocycles. The highest BCUT2D eigenvalue weighted by atomic mass is 16.5. The Hall–Kier alpha value is -2.74. The highest BCUT2D eigenvalue weighted by Crippen LogP contribution is 2.14. The lowest BCUT2D eigenvalue weighted by atomic mass is 10.1. The van der Waals surface area contributed by atoms with Crippen molar-refractivity contribution >= 4 is 11.8 Å². The zero-order valence-electron chi connectivity index (χ0n) is 14.7. The number of aryl methyl sites for hydroxylation is 1. The number of carbonyl (C=O) groups excluding carboxylic acids is 2. The van der Waals surface area contributed by atoms with Crippen LogP contribution in [0.3, 0.4) is 0 Å². The number of nitrogens with zero attached hydrogens (tertiary/aromatic N) is 3. The first-order chi connectivity index (χ1) is 12.6. The molecule has 0 unspecified atom stereocenters. The molecule has 0 aromatic carbocycles. The van der Waals surface area contributed by atoms with Crippen LogP contribution in [0.2, 0.25) is 0 Å². The van der Waals surface area contributed by atoms with Crippen molar-refractivity contribution in [2.45, 2.75) is 25.8 Å². The van der Waals surface area contributed by atoms with Crippen molar-refractivity contribution < 1.29 is 18.7 Å². The molecule has 1 N–H and O–H groups in total. The summed E-state index contributed by atoms with van der Waals surface area (Å²) in [4.78, 5) is 34.4. The number of morpholine rings is 1. The van der Waals surface area contributed by atoms with Gasteiger partial charge in [0.15, 0.2) is 5.69 Å². The molecule has 1 aliphatic rings. The van der Waals surface area contributed by atoms with Gasteiger partial charge in [-0.1, -0.05) is 6.07 Å². The van der Waals surface area contributed by atoms with Crippen molar-refractivity contribution in [2.75, 3.05) is 26.3 Å². The van der Waals surface area contributed by atoms with Gasteiger partial charge in [-0.05, 0) is 25.0 Å². The summed E-state index contributed by atoms with van der Waals surface area (Å²) in [6.07, 6.45) is 5.73. The molecule has 0 saturated carbocycles. The lowest BCUT2D eigenvalue weighted by Gasteiger charge is -2.25. The number of rotatable bonds is 6. The molecule has 0 radical (unpaired) electrons. The van der Waals surface area contributed by atoms with Crippen LogP contribution in [0.25, 0.3) is 0 Å². The van der Waals surface area contributed by atoms with E-state index in [2.05, 4.69) is 15.3 Å². The van der Waals surface area contributed by atoms with Crippen LogP contribution in [-0.2, 0) is 16.0 Å². The summed E-state index contributed by atoms with van der Waals surface area (Å²) >= 11 is 0. The number of nitrogens with one attached hydrogen (secondary N) is 1. The average molecular weight is 358 g/mol. The monoisotopic (exact) mass is 358 g/mol. The van der Waals surface area contributed by atoms with E-state index in [-0.39, 0.29) is 17.5 Å². The van der Waals surface area contributed by atoms with Crippen molar-refractivity contribution in [1.82, 2.24) is 20.2 Å². The molecule has 8 nitrogen and oxygen atoms in total. The number of aromatic nitrogens is 2. The number of oxazole rings is 1. The summed E-state index contributed by atoms with van der Waals surface area (Å²) in [5.41, 5.74) is 1.25. The molecule has 0 bridgehead atoms. The fraction of sp³-hybridized carbons (Fsp3) is 0.444. The lowest BCUT2D eigenvalue weighted by molar-refractivity contribution is -0.121. The van der Waals surface area contributed by atoms with Crippen molar-refractivity contribution in [1.29, 1.82) is 0 Å². The van der Waals surface area contributed by atoms with E-state index in [1.165, 1.54) is 6.26 Å². The third-order valence-electron chi connectivity index (χ3n) is 4.15. The van der Waals surface area contributed by atoms with E-state index in [9.17, 15) is 9.59 Å². The third kappa shape index (κ3) is 4.66. The predicted molar refractivity (Wildman–Crippen MR) is 92.3 cm³/mol. The molecule has 2 aromatic heterocycles. The summed E-state index contributed by atoms with van der Waals surface area (Å²) in [7, 11) is 0. The smallest absolute Gasteiger partial charge is 0.275 e. The fourth-order valence-corrected chi connectivity index (χ4v) is 2.69. The predicted octanol–water partition coefficient (Wildman–Crippen LogP) is 1.35. The van der Waals surface area contributed by atoms with E-state index >= 15 is 0 Å². The Morgan fingerprint density at radius 1 is 1.35 bits per heavy atom. The van der Waals surface area contributed by atoms with E-state index < -0.39 is 6.04 Å². The number of amides is 2. The first-order valence-corrected chi connectivity index (χ1v) is 8.64. The van der Waals surface area contributed by atoms with E-state index in [0.717, 1.165) is 5.56 Å². The van der Waals surface area contributed by atoms with Gasteiger partial charge in [0.1, 0.15) is 12.3 Å². The second kappa shape index (κ2) is 8.57. The molecule has 2 aromatic rings. The number of hydrogen-bond acceptors (Lipinski definition) is 6. The number of hydrogen-bond donors (Lipinski definition) is 1. The molecule has 1 atom stereocenters. The summed E-state index contributed by atoms with van der Waals surface area (Å²) in [6.45, 7) is 3.92. The second-order valence-corrected chi connectivity index (χ2v) is 6.13. The molecule has 138 valence electrons. The summed E-state index contributed by atoms with van der Waals surface area (Å²) in [5, 5.41) is 2.84. The van der Waals surface area contributed by atoms with Gasteiger partial charge in [-0.3, -0.25) is 14.6 Å². The van der Waals surface area contributed by atoms with E-state index in [4.69, 9.17) is 9.15 Å². The molecule has 8 heteroatoms. The third-order valence-corrected chi connectivity index (χ3v) is 4.15. The first-order valence-electron chi connectivity index (χ1n) is 8.64. The first kappa shape index (κ1) is 18.1. The van der Waals surface area contributed by atoms with Crippen LogP contribution >= 0.6 is 0 Å². The molecule has 2 amide bonds. The van der Waals surface area contributed by atoms with E-state index in [0.29, 0.717) is 45.0 Å². The lowest BCUT2D eigenvalue weighted by Crippen LogP contribution is -2.40. The Kier molecular flexibility index (Phi) is 5.96. The van der Waals surface area contributed by atoms with Crippen LogP contribution in [-0.4, -0.2) is 53.0 Å². The molecule has 3 heterocycles. The van der Waals surface area contributed by atoms with E-state index in [1.54, 1.807) is 24.2 Å². The summed E-state index contributed by atoms with van der Waals surface area (Å²) in [6, 6.07) is 3.36. The Labute approximate surface area is 151 Å². The number of ether oxygens (including phenoxy) is 1. The quantitative estimate of drug-likeness (QED) is 0.837. The largest absolute Gasteiger partial charge is 0.446 e. The normalized spacial score (nSPS) is 15.5. The van der Waals surface area contributed by atoms with Gasteiger partial charge >= 0.3 is 0 Å². The summed E-state index contributed by atoms with van der Waals surface area (Å²) < 4.78 is 10.6. The van der Waals surface area contributed by atoms with Crippen LogP contribution in [0.4, 0.5) is 0 Å². The topological polar surface area (TPSA) is 97.6 Å². The summed E-state index contributed by atoms with van der Waals surface area (Å²) in [5.74, 6) is 0.0235. The van der Waals surface area contributed by atoms with Crippen molar-refractivity contribution in [3.63, 3.8) is 0 Å². The molecule has 0 aliphatic carbocycles. The molecule has 1 aliphatic heterocycles. The van der Waals surface area contributed by atoms with Crippen LogP contribution < -0.4 is 5.32 Å². The van der Waals surface area contributed by atoms with Crippen molar-refractivity contribution in [3.05, 3.63) is 47.9 Å². The van der Waals surface area contributed by atoms with Crippen LogP contribution in [0.5, 0.6) is 0 Å². The standard InChI is InChI=1S/C18H22N4O4/c1-13(20-16(23)5-4-14-3-2-6-19-11-14)17-21-15(12-26-17)18(24)22-7-9-25-10-8-22/h2-3,6,11-13H,4-5,7-10H2,1H3,(H,20,23)/t13-/m0/s1. The maximum atomic E-state index is 12.4. The van der Waals surface area contributed by atoms with Gasteiger partial charge in [-0.15, -0.1) is 0 Å². The second-order valence-electron chi connectivity index (χ2n) is 6.13. The minimum atomic E-state index is -0.414. The van der Waals surface area contributed by atoms with Gasteiger partial charge in [0.25, 0.3) is 5.91 Å². The van der Waals surface area contributed by atoms with Gasteiger partial charge in [0.2, 0.25) is 11.8 Å². The van der Waals surface area contributed by atoms with Gasteiger partial charge in [0.05, 0.1) is 13.2 Å². The molecule has 26 heavy (non-hydrogen) atoms. The minimum absolute atomic E-state index is 0.111. The molecule has 0 spiro atoms. The minimum Gasteiger partial charge on any atom is -0.446 e. The highest BCUT2D eigenvalue weighted by Gasteiger charge is 2.23. The van der Waals surface area contributed by atoms with E-state index in [1.807, 2.05) is 12.1 Å². The maximum absolute atomic E-state index is 12.4. The molecule has 3 rings (SSSR count). The molecular weight excluding hydrogens is 336 g/mol. The SMILES string of the molecule is C[C@H](NC(=O)CCc1cccnc1)c1nc(C(=O)N2CCOCC2)co1. The zero-order chi connectivity index (χ0) is 18.4. The number of carbonyl (C=O) groups is 2. The number of pyridine rings is 1. The van der Waals surface area contributed by atoms with Crippen LogP contribution in [0.1, 0.15) is 41.3 Å². The van der Waals surface area contributed by atoms with Crippen molar-refractivity contribution in [2.24, 2.45) is 0 Å². The Bertz CT molecular complexity index is 741. The Morgan fingerprint density at radius 2 is 2.15 bits per heavy atom. The highest BCUT2D eigenvalue weighted by molar-refractivity contribution is 5.92. The Balaban J connectivity index is 1.51. The maximum Gasteiger partial charge on any atom is 0.275 e. The Morgan fingerprint density at radius 3 is 2.88 bits per heavy atom. The zero-order valence-corrected chi connectivity index (χ0v) is 14.7. The fourth-order valence-electron chi connectivity index (χ4n) is 2.69. The van der Waals surface area contributed by atoms with Gasteiger partial charge in [-0.2, -0.15) is 0 Å². The van der Waals surface area contributed by atoms with Crippen molar-refractivity contribution in [3.8, 4) is 0 Å². The molecule has 1 fully saturated rings.